The maximum Gasteiger partial charge on any atom is 0.271 e. The third-order valence-electron chi connectivity index (χ3n) is 3.89. The summed E-state index contributed by atoms with van der Waals surface area (Å²) in [6, 6.07) is 4.78. The molecule has 0 saturated carbocycles. The summed E-state index contributed by atoms with van der Waals surface area (Å²) in [6.07, 6.45) is 2.93. The number of aromatic nitrogens is 2. The average molecular weight is 382 g/mol. The fourth-order valence-electron chi connectivity index (χ4n) is 2.39. The highest BCUT2D eigenvalue weighted by molar-refractivity contribution is 7.15. The number of amides is 1. The highest BCUT2D eigenvalue weighted by Crippen LogP contribution is 2.29. The Morgan fingerprint density at radius 1 is 1.38 bits per heavy atom. The molecule has 0 aliphatic heterocycles. The number of nitrogens with zero attached hydrogens (tertiary/aromatic N) is 3. The van der Waals surface area contributed by atoms with E-state index in [1.807, 2.05) is 6.92 Å². The number of thiazole rings is 1. The summed E-state index contributed by atoms with van der Waals surface area (Å²) in [5.74, 6) is -0.411. The van der Waals surface area contributed by atoms with Gasteiger partial charge in [0.1, 0.15) is 5.56 Å². The van der Waals surface area contributed by atoms with Crippen LogP contribution in [0, 0.1) is 0 Å². The van der Waals surface area contributed by atoms with Crippen molar-refractivity contribution in [1.29, 1.82) is 0 Å². The van der Waals surface area contributed by atoms with Gasteiger partial charge in [0.2, 0.25) is 0 Å². The molecular formula is C16H13Cl2N3O2S. The first-order valence-corrected chi connectivity index (χ1v) is 8.70. The summed E-state index contributed by atoms with van der Waals surface area (Å²) in [6.45, 7) is 1.83. The molecule has 3 aromatic rings. The van der Waals surface area contributed by atoms with Crippen LogP contribution >= 0.6 is 34.5 Å². The Hall–Kier alpha value is -1.89. The molecule has 1 atom stereocenters. The van der Waals surface area contributed by atoms with Gasteiger partial charge in [-0.25, -0.2) is 4.98 Å². The van der Waals surface area contributed by atoms with Crippen LogP contribution in [0.5, 0.6) is 0 Å². The van der Waals surface area contributed by atoms with Crippen LogP contribution in [0.15, 0.2) is 40.8 Å². The molecule has 124 valence electrons. The number of rotatable bonds is 3. The number of hydrogen-bond acceptors (Lipinski definition) is 4. The summed E-state index contributed by atoms with van der Waals surface area (Å²) >= 11 is 13.5. The van der Waals surface area contributed by atoms with Gasteiger partial charge in [-0.05, 0) is 24.6 Å². The van der Waals surface area contributed by atoms with E-state index in [-0.39, 0.29) is 17.2 Å². The molecule has 2 heterocycles. The summed E-state index contributed by atoms with van der Waals surface area (Å²) < 4.78 is 1.37. The molecule has 8 heteroatoms. The Kier molecular flexibility index (Phi) is 4.62. The van der Waals surface area contributed by atoms with E-state index < -0.39 is 5.91 Å². The van der Waals surface area contributed by atoms with Crippen molar-refractivity contribution < 1.29 is 4.79 Å². The fraction of sp³-hybridized carbons (Fsp3) is 0.188. The summed E-state index contributed by atoms with van der Waals surface area (Å²) in [7, 11) is 1.62. The van der Waals surface area contributed by atoms with Crippen LogP contribution in [0.2, 0.25) is 10.0 Å². The Morgan fingerprint density at radius 2 is 2.12 bits per heavy atom. The Bertz CT molecular complexity index is 983. The van der Waals surface area contributed by atoms with Crippen molar-refractivity contribution in [2.24, 2.45) is 0 Å². The predicted octanol–water partition coefficient (Wildman–Crippen LogP) is 3.90. The predicted molar refractivity (Wildman–Crippen MR) is 96.3 cm³/mol. The van der Waals surface area contributed by atoms with Crippen LogP contribution in [0.25, 0.3) is 4.96 Å². The zero-order valence-electron chi connectivity index (χ0n) is 12.9. The normalized spacial score (nSPS) is 12.3. The lowest BCUT2D eigenvalue weighted by molar-refractivity contribution is 0.0740. The summed E-state index contributed by atoms with van der Waals surface area (Å²) in [5, 5.41) is 2.74. The number of halogens is 2. The lowest BCUT2D eigenvalue weighted by Crippen LogP contribution is -2.34. The minimum atomic E-state index is -0.411. The summed E-state index contributed by atoms with van der Waals surface area (Å²) in [4.78, 5) is 31.3. The summed E-state index contributed by atoms with van der Waals surface area (Å²) in [5.41, 5.74) is 0.388. The Balaban J connectivity index is 1.96. The molecule has 1 amide bonds. The lowest BCUT2D eigenvalue weighted by Gasteiger charge is -2.26. The van der Waals surface area contributed by atoms with E-state index in [0.717, 1.165) is 5.56 Å². The Labute approximate surface area is 152 Å². The van der Waals surface area contributed by atoms with Crippen molar-refractivity contribution in [3.63, 3.8) is 0 Å². The van der Waals surface area contributed by atoms with Crippen LogP contribution < -0.4 is 5.56 Å². The van der Waals surface area contributed by atoms with Gasteiger partial charge in [-0.3, -0.25) is 14.0 Å². The number of carbonyl (C=O) groups excluding carboxylic acids is 1. The number of carbonyl (C=O) groups is 1. The van der Waals surface area contributed by atoms with Crippen molar-refractivity contribution in [1.82, 2.24) is 14.3 Å². The highest BCUT2D eigenvalue weighted by atomic mass is 35.5. The van der Waals surface area contributed by atoms with Crippen LogP contribution in [0.4, 0.5) is 0 Å². The van der Waals surface area contributed by atoms with Crippen molar-refractivity contribution in [2.45, 2.75) is 13.0 Å². The molecule has 3 rings (SSSR count). The first kappa shape index (κ1) is 17.0. The number of fused-ring (bicyclic) bond motifs is 1. The molecule has 0 aliphatic carbocycles. The van der Waals surface area contributed by atoms with E-state index in [4.69, 9.17) is 23.2 Å². The Morgan fingerprint density at radius 3 is 2.83 bits per heavy atom. The molecule has 0 aliphatic rings. The molecular weight excluding hydrogens is 369 g/mol. The average Bonchev–Trinajstić information content (AvgIpc) is 3.03. The van der Waals surface area contributed by atoms with E-state index in [1.54, 1.807) is 36.8 Å². The van der Waals surface area contributed by atoms with Gasteiger partial charge < -0.3 is 4.90 Å². The van der Waals surface area contributed by atoms with Gasteiger partial charge in [-0.2, -0.15) is 0 Å². The molecule has 2 aromatic heterocycles. The smallest absolute Gasteiger partial charge is 0.271 e. The van der Waals surface area contributed by atoms with Gasteiger partial charge in [0.15, 0.2) is 4.96 Å². The van der Waals surface area contributed by atoms with E-state index in [9.17, 15) is 9.59 Å². The molecule has 0 saturated heterocycles. The SMILES string of the molecule is CC(c1ccc(Cl)cc1Cl)N(C)C(=O)c1cnc2sccn2c1=O. The first-order valence-electron chi connectivity index (χ1n) is 7.07. The third kappa shape index (κ3) is 2.92. The molecule has 5 nitrogen and oxygen atoms in total. The van der Waals surface area contributed by atoms with Gasteiger partial charge >= 0.3 is 0 Å². The molecule has 0 fully saturated rings. The minimum absolute atomic E-state index is 0.0188. The minimum Gasteiger partial charge on any atom is -0.335 e. The van der Waals surface area contributed by atoms with Crippen LogP contribution in [-0.4, -0.2) is 27.2 Å². The second-order valence-electron chi connectivity index (χ2n) is 5.29. The molecule has 1 unspecified atom stereocenters. The molecule has 0 N–H and O–H groups in total. The molecule has 0 bridgehead atoms. The molecule has 1 aromatic carbocycles. The zero-order valence-corrected chi connectivity index (χ0v) is 15.2. The highest BCUT2D eigenvalue weighted by Gasteiger charge is 2.24. The van der Waals surface area contributed by atoms with Gasteiger partial charge in [-0.15, -0.1) is 11.3 Å². The van der Waals surface area contributed by atoms with Crippen molar-refractivity contribution in [3.8, 4) is 0 Å². The van der Waals surface area contributed by atoms with E-state index >= 15 is 0 Å². The lowest BCUT2D eigenvalue weighted by atomic mass is 10.1. The van der Waals surface area contributed by atoms with E-state index in [1.165, 1.54) is 26.8 Å². The maximum atomic E-state index is 12.7. The standard InChI is InChI=1S/C16H13Cl2N3O2S/c1-9(11-4-3-10(17)7-13(11)18)20(2)14(22)12-8-19-16-21(15(12)23)5-6-24-16/h3-9H,1-2H3. The van der Waals surface area contributed by atoms with Gasteiger partial charge in [0, 0.05) is 34.9 Å². The third-order valence-corrected chi connectivity index (χ3v) is 5.22. The van der Waals surface area contributed by atoms with E-state index in [2.05, 4.69) is 4.98 Å². The largest absolute Gasteiger partial charge is 0.335 e. The van der Waals surface area contributed by atoms with Crippen LogP contribution in [0.1, 0.15) is 28.9 Å². The monoisotopic (exact) mass is 381 g/mol. The molecule has 24 heavy (non-hydrogen) atoms. The first-order chi connectivity index (χ1) is 11.4. The van der Waals surface area contributed by atoms with Crippen LogP contribution in [-0.2, 0) is 0 Å². The van der Waals surface area contributed by atoms with Crippen molar-refractivity contribution in [2.75, 3.05) is 7.05 Å². The number of benzene rings is 1. The molecule has 0 radical (unpaired) electrons. The van der Waals surface area contributed by atoms with E-state index in [0.29, 0.717) is 15.0 Å². The number of hydrogen-bond donors (Lipinski definition) is 0. The topological polar surface area (TPSA) is 54.7 Å². The zero-order chi connectivity index (χ0) is 17.4. The van der Waals surface area contributed by atoms with Crippen molar-refractivity contribution >= 4 is 45.4 Å². The molecule has 0 spiro atoms. The van der Waals surface area contributed by atoms with Crippen molar-refractivity contribution in [3.05, 3.63) is 67.5 Å². The second kappa shape index (κ2) is 6.55. The van der Waals surface area contributed by atoms with Gasteiger partial charge in [0.25, 0.3) is 11.5 Å². The quantitative estimate of drug-likeness (QED) is 0.691. The maximum absolute atomic E-state index is 12.7. The van der Waals surface area contributed by atoms with Gasteiger partial charge in [-0.1, -0.05) is 29.3 Å². The fourth-order valence-corrected chi connectivity index (χ4v) is 3.63. The second-order valence-corrected chi connectivity index (χ2v) is 7.01. The van der Waals surface area contributed by atoms with Gasteiger partial charge in [0.05, 0.1) is 6.04 Å². The van der Waals surface area contributed by atoms with Crippen LogP contribution in [0.3, 0.4) is 0 Å².